The van der Waals surface area contributed by atoms with Crippen molar-refractivity contribution in [3.8, 4) is 0 Å². The first-order valence-corrected chi connectivity index (χ1v) is 13.3. The Morgan fingerprint density at radius 3 is 1.67 bits per heavy atom. The molecule has 0 aromatic carbocycles. The number of carbonyl (C=O) groups excluding carboxylic acids is 5. The lowest BCUT2D eigenvalue weighted by atomic mass is 10.2. The average molecular weight is 566 g/mol. The van der Waals surface area contributed by atoms with Crippen LogP contribution in [0.2, 0.25) is 5.28 Å². The van der Waals surface area contributed by atoms with E-state index in [1.165, 1.54) is 0 Å². The topological polar surface area (TPSA) is 173 Å². The molecule has 2 saturated heterocycles. The summed E-state index contributed by atoms with van der Waals surface area (Å²) < 4.78 is 0. The van der Waals surface area contributed by atoms with Gasteiger partial charge in [-0.1, -0.05) is 19.4 Å². The number of unbranched alkanes of at least 4 members (excludes halogenated alkanes) is 4. The third kappa shape index (κ3) is 9.78. The van der Waals surface area contributed by atoms with Gasteiger partial charge in [-0.05, 0) is 43.7 Å². The van der Waals surface area contributed by atoms with Gasteiger partial charge < -0.3 is 20.3 Å². The monoisotopic (exact) mass is 565 g/mol. The van der Waals surface area contributed by atoms with Crippen molar-refractivity contribution < 1.29 is 33.6 Å². The molecule has 2 fully saturated rings. The number of carbonyl (C=O) groups is 5. The predicted octanol–water partition coefficient (Wildman–Crippen LogP) is 2.67. The van der Waals surface area contributed by atoms with E-state index in [0.717, 1.165) is 17.9 Å². The van der Waals surface area contributed by atoms with E-state index in [9.17, 15) is 24.0 Å². The molecule has 1 aromatic rings. The number of rotatable bonds is 16. The first-order chi connectivity index (χ1) is 18.7. The van der Waals surface area contributed by atoms with Gasteiger partial charge in [0.15, 0.2) is 0 Å². The first kappa shape index (κ1) is 29.7. The second kappa shape index (κ2) is 15.0. The Kier molecular flexibility index (Phi) is 11.4. The van der Waals surface area contributed by atoms with Crippen molar-refractivity contribution in [1.29, 1.82) is 0 Å². The van der Waals surface area contributed by atoms with Crippen molar-refractivity contribution in [2.75, 3.05) is 23.7 Å². The lowest BCUT2D eigenvalue weighted by Crippen LogP contribution is -2.31. The summed E-state index contributed by atoms with van der Waals surface area (Å²) in [5, 5.41) is 7.70. The molecule has 0 unspecified atom stereocenters. The molecular weight excluding hydrogens is 534 g/mol. The minimum absolute atomic E-state index is 0.0320. The summed E-state index contributed by atoms with van der Waals surface area (Å²) in [6, 6.07) is 0. The molecule has 15 heteroatoms. The van der Waals surface area contributed by atoms with Gasteiger partial charge >= 0.3 is 11.9 Å². The third-order valence-corrected chi connectivity index (χ3v) is 5.99. The summed E-state index contributed by atoms with van der Waals surface area (Å²) in [6.07, 6.45) is 5.27. The molecular formula is C24H32ClN7O7. The van der Waals surface area contributed by atoms with E-state index in [-0.39, 0.29) is 36.9 Å². The molecule has 2 aliphatic rings. The Balaban J connectivity index is 1.24. The van der Waals surface area contributed by atoms with Crippen molar-refractivity contribution >= 4 is 53.2 Å². The van der Waals surface area contributed by atoms with Crippen LogP contribution in [-0.4, -0.2) is 67.8 Å². The van der Waals surface area contributed by atoms with Crippen molar-refractivity contribution in [2.24, 2.45) is 0 Å². The Morgan fingerprint density at radius 2 is 1.18 bits per heavy atom. The highest BCUT2D eigenvalue weighted by Gasteiger charge is 2.32. The maximum absolute atomic E-state index is 11.9. The number of amides is 3. The molecule has 3 amide bonds. The van der Waals surface area contributed by atoms with Crippen LogP contribution in [0.25, 0.3) is 0 Å². The van der Waals surface area contributed by atoms with Crippen molar-refractivity contribution in [2.45, 2.75) is 77.0 Å². The van der Waals surface area contributed by atoms with Crippen LogP contribution >= 0.6 is 11.6 Å². The highest BCUT2D eigenvalue weighted by Crippen LogP contribution is 2.21. The molecule has 0 radical (unpaired) electrons. The molecule has 212 valence electrons. The summed E-state index contributed by atoms with van der Waals surface area (Å²) in [5.74, 6) is -1.70. The Labute approximate surface area is 230 Å². The minimum Gasteiger partial charge on any atom is -0.354 e. The summed E-state index contributed by atoms with van der Waals surface area (Å²) in [7, 11) is 0. The molecule has 0 aliphatic carbocycles. The van der Waals surface area contributed by atoms with Crippen LogP contribution in [0, 0.1) is 0 Å². The lowest BCUT2D eigenvalue weighted by molar-refractivity contribution is -0.197. The van der Waals surface area contributed by atoms with E-state index in [0.29, 0.717) is 74.3 Å². The molecule has 3 heterocycles. The summed E-state index contributed by atoms with van der Waals surface area (Å²) in [5.41, 5.74) is 0.497. The predicted molar refractivity (Wildman–Crippen MR) is 137 cm³/mol. The highest BCUT2D eigenvalue weighted by atomic mass is 35.5. The van der Waals surface area contributed by atoms with Crippen LogP contribution in [0.1, 0.15) is 77.0 Å². The maximum atomic E-state index is 11.9. The van der Waals surface area contributed by atoms with Crippen LogP contribution < -0.4 is 10.6 Å². The van der Waals surface area contributed by atoms with Gasteiger partial charge in [0.2, 0.25) is 17.2 Å². The number of aromatic nitrogens is 3. The SMILES string of the molecule is C=C1CCC(=O)N1OC(=O)CCCCCNc1nc(Cl)nc(NCCCCCC(=O)ON2C(=O)CCC2=O)n1. The number of allylic oxidation sites excluding steroid dienone is 1. The smallest absolute Gasteiger partial charge is 0.333 e. The number of nitrogens with one attached hydrogen (secondary N) is 2. The van der Waals surface area contributed by atoms with Crippen molar-refractivity contribution in [1.82, 2.24) is 25.1 Å². The fourth-order valence-corrected chi connectivity index (χ4v) is 3.91. The molecule has 14 nitrogen and oxygen atoms in total. The number of hydrogen-bond donors (Lipinski definition) is 2. The van der Waals surface area contributed by atoms with Crippen molar-refractivity contribution in [3.05, 3.63) is 17.6 Å². The van der Waals surface area contributed by atoms with Crippen molar-refractivity contribution in [3.63, 3.8) is 0 Å². The van der Waals surface area contributed by atoms with Gasteiger partial charge in [-0.25, -0.2) is 9.59 Å². The number of nitrogens with zero attached hydrogens (tertiary/aromatic N) is 5. The third-order valence-electron chi connectivity index (χ3n) is 5.82. The largest absolute Gasteiger partial charge is 0.354 e. The highest BCUT2D eigenvalue weighted by molar-refractivity contribution is 6.28. The number of hydroxylamine groups is 4. The van der Waals surface area contributed by atoms with Gasteiger partial charge in [0.25, 0.3) is 17.7 Å². The zero-order chi connectivity index (χ0) is 28.2. The second-order valence-electron chi connectivity index (χ2n) is 8.99. The molecule has 0 atom stereocenters. The number of anilines is 2. The molecule has 0 spiro atoms. The van der Waals surface area contributed by atoms with Gasteiger partial charge in [-0.2, -0.15) is 15.0 Å². The van der Waals surface area contributed by atoms with Gasteiger partial charge in [0.1, 0.15) is 0 Å². The minimum atomic E-state index is -0.615. The second-order valence-corrected chi connectivity index (χ2v) is 9.33. The molecule has 3 rings (SSSR count). The van der Waals surface area contributed by atoms with Crippen LogP contribution in [0.5, 0.6) is 0 Å². The standard InChI is InChI=1S/C24H32ClN7O7/c1-16-10-11-17(33)31(16)38-20(36)8-4-2-6-14-26-23-28-22(25)29-24(30-23)27-15-7-3-5-9-21(37)39-32-18(34)12-13-19(32)35/h1-15H2,(H2,26,27,28,29,30). The fraction of sp³-hybridized carbons (Fsp3) is 0.583. The first-order valence-electron chi connectivity index (χ1n) is 12.9. The van der Waals surface area contributed by atoms with E-state index in [1.54, 1.807) is 0 Å². The van der Waals surface area contributed by atoms with E-state index in [2.05, 4.69) is 32.2 Å². The van der Waals surface area contributed by atoms with Crippen LogP contribution in [0.15, 0.2) is 12.3 Å². The Hall–Kier alpha value is -3.81. The average Bonchev–Trinajstić information content (AvgIpc) is 3.38. The fourth-order valence-electron chi connectivity index (χ4n) is 3.75. The molecule has 0 saturated carbocycles. The van der Waals surface area contributed by atoms with E-state index >= 15 is 0 Å². The Bertz CT molecular complexity index is 988. The number of halogens is 1. The molecule has 2 N–H and O–H groups in total. The van der Waals surface area contributed by atoms with Crippen LogP contribution in [0.4, 0.5) is 11.9 Å². The maximum Gasteiger partial charge on any atom is 0.333 e. The van der Waals surface area contributed by atoms with Gasteiger partial charge in [0, 0.05) is 45.2 Å². The van der Waals surface area contributed by atoms with Gasteiger partial charge in [-0.15, -0.1) is 10.1 Å². The Morgan fingerprint density at radius 1 is 0.718 bits per heavy atom. The molecule has 2 aliphatic heterocycles. The normalized spacial score (nSPS) is 15.2. The van der Waals surface area contributed by atoms with E-state index in [4.69, 9.17) is 21.3 Å². The number of hydrogen-bond acceptors (Lipinski definition) is 12. The summed E-state index contributed by atoms with van der Waals surface area (Å²) in [6.45, 7) is 4.80. The summed E-state index contributed by atoms with van der Waals surface area (Å²) >= 11 is 5.99. The van der Waals surface area contributed by atoms with E-state index in [1.807, 2.05) is 0 Å². The quantitative estimate of drug-likeness (QED) is 0.222. The van der Waals surface area contributed by atoms with Gasteiger partial charge in [-0.3, -0.25) is 14.4 Å². The number of imide groups is 1. The zero-order valence-electron chi connectivity index (χ0n) is 21.6. The van der Waals surface area contributed by atoms with E-state index < -0.39 is 23.8 Å². The lowest BCUT2D eigenvalue weighted by Gasteiger charge is -2.15. The molecule has 0 bridgehead atoms. The van der Waals surface area contributed by atoms with Gasteiger partial charge in [0.05, 0.1) is 5.70 Å². The zero-order valence-corrected chi connectivity index (χ0v) is 22.3. The molecule has 1 aromatic heterocycles. The summed E-state index contributed by atoms with van der Waals surface area (Å²) in [4.78, 5) is 80.5. The van der Waals surface area contributed by atoms with Crippen LogP contribution in [0.3, 0.4) is 0 Å². The van der Waals surface area contributed by atoms with Crippen LogP contribution in [-0.2, 0) is 33.6 Å². The molecule has 39 heavy (non-hydrogen) atoms.